The van der Waals surface area contributed by atoms with Gasteiger partial charge in [0.1, 0.15) is 4.70 Å². The van der Waals surface area contributed by atoms with Gasteiger partial charge in [0.25, 0.3) is 15.1 Å². The number of unbranched alkanes of at least 4 members (excludes halogenated alkanes) is 1. The van der Waals surface area contributed by atoms with E-state index >= 15 is 0 Å². The molecule has 0 bridgehead atoms. The first kappa shape index (κ1) is 26.5. The van der Waals surface area contributed by atoms with E-state index in [1.807, 2.05) is 30.3 Å². The van der Waals surface area contributed by atoms with E-state index in [-0.39, 0.29) is 5.75 Å². The number of fused-ring (bicyclic) bond motifs is 2. The summed E-state index contributed by atoms with van der Waals surface area (Å²) in [5.41, 5.74) is 3.35. The van der Waals surface area contributed by atoms with E-state index in [1.54, 1.807) is 23.1 Å². The number of aromatic nitrogens is 1. The van der Waals surface area contributed by atoms with E-state index in [0.29, 0.717) is 24.4 Å². The molecule has 1 aromatic heterocycles. The number of nitrogens with zero attached hydrogens (tertiary/aromatic N) is 2. The zero-order valence-electron chi connectivity index (χ0n) is 19.5. The van der Waals surface area contributed by atoms with Gasteiger partial charge in [-0.3, -0.25) is 4.55 Å². The molecule has 0 unspecified atom stereocenters. The number of halogens is 2. The van der Waals surface area contributed by atoms with Crippen LogP contribution in [0.15, 0.2) is 58.0 Å². The molecule has 0 atom stereocenters. The van der Waals surface area contributed by atoms with Gasteiger partial charge in [-0.05, 0) is 61.7 Å². The molecule has 5 nitrogen and oxygen atoms in total. The van der Waals surface area contributed by atoms with Crippen LogP contribution in [0.4, 0.5) is 5.69 Å². The molecule has 0 fully saturated rings. The molecular weight excluding hydrogens is 543 g/mol. The third kappa shape index (κ3) is 6.42. The van der Waals surface area contributed by atoms with Crippen LogP contribution in [-0.4, -0.2) is 25.3 Å². The summed E-state index contributed by atoms with van der Waals surface area (Å²) in [5.74, 6) is -0.234. The van der Waals surface area contributed by atoms with E-state index in [9.17, 15) is 8.42 Å². The molecule has 186 valence electrons. The largest absolute Gasteiger partial charge is 0.335 e. The fourth-order valence-electron chi connectivity index (χ4n) is 4.04. The highest BCUT2D eigenvalue weighted by molar-refractivity contribution is 8.03. The molecule has 0 radical (unpaired) electrons. The van der Waals surface area contributed by atoms with Gasteiger partial charge in [0.2, 0.25) is 5.52 Å². The van der Waals surface area contributed by atoms with Crippen LogP contribution in [0.1, 0.15) is 38.1 Å². The number of thiazole rings is 1. The average Bonchev–Trinajstić information content (AvgIpc) is 3.31. The van der Waals surface area contributed by atoms with Gasteiger partial charge < -0.3 is 4.90 Å². The Balaban J connectivity index is 1.68. The van der Waals surface area contributed by atoms with Crippen LogP contribution in [-0.2, 0) is 16.7 Å². The maximum Gasteiger partial charge on any atom is 0.264 e. The zero-order valence-corrected chi connectivity index (χ0v) is 23.5. The fourth-order valence-corrected chi connectivity index (χ4v) is 7.27. The lowest BCUT2D eigenvalue weighted by atomic mass is 10.2. The normalized spacial score (nSPS) is 15.4. The lowest BCUT2D eigenvalue weighted by Gasteiger charge is -2.18. The molecule has 10 heteroatoms. The Kier molecular flexibility index (Phi) is 8.51. The number of anilines is 1. The predicted molar refractivity (Wildman–Crippen MR) is 149 cm³/mol. The Bertz CT molecular complexity index is 1410. The molecule has 0 amide bonds. The van der Waals surface area contributed by atoms with Crippen molar-refractivity contribution < 1.29 is 17.5 Å². The second kappa shape index (κ2) is 11.2. The van der Waals surface area contributed by atoms with Crippen molar-refractivity contribution in [1.82, 2.24) is 0 Å². The second-order valence-electron chi connectivity index (χ2n) is 8.21. The van der Waals surface area contributed by atoms with Crippen LogP contribution in [0, 0.1) is 0 Å². The Labute approximate surface area is 224 Å². The molecule has 2 heterocycles. The number of hydrogen-bond donors (Lipinski definition) is 1. The summed E-state index contributed by atoms with van der Waals surface area (Å²) in [4.78, 5) is 3.48. The molecule has 0 saturated carbocycles. The van der Waals surface area contributed by atoms with Crippen molar-refractivity contribution in [2.24, 2.45) is 0 Å². The molecule has 1 aliphatic heterocycles. The molecule has 0 spiro atoms. The molecule has 3 aromatic rings. The first-order valence-electron chi connectivity index (χ1n) is 11.4. The van der Waals surface area contributed by atoms with E-state index in [1.165, 1.54) is 15.5 Å². The number of rotatable bonds is 9. The number of thioether (sulfide) groups is 1. The van der Waals surface area contributed by atoms with Gasteiger partial charge in [-0.2, -0.15) is 13.0 Å². The van der Waals surface area contributed by atoms with Gasteiger partial charge in [0.15, 0.2) is 6.54 Å². The van der Waals surface area contributed by atoms with E-state index in [4.69, 9.17) is 27.8 Å². The SMILES string of the molecule is CCC(=C/c1sc2ccc(Cl)cc2[n+]1CCCCS(=O)(=O)O)/C=C1\Sc2ccc(Cl)cc2N1CC. The second-order valence-corrected chi connectivity index (χ2v) is 12.8. The summed E-state index contributed by atoms with van der Waals surface area (Å²) < 4.78 is 34.6. The highest BCUT2D eigenvalue weighted by Crippen LogP contribution is 2.47. The van der Waals surface area contributed by atoms with Crippen molar-refractivity contribution in [2.75, 3.05) is 17.2 Å². The Morgan fingerprint density at radius 1 is 1.11 bits per heavy atom. The minimum atomic E-state index is -3.96. The van der Waals surface area contributed by atoms with E-state index in [2.05, 4.69) is 41.5 Å². The maximum absolute atomic E-state index is 11.1. The smallest absolute Gasteiger partial charge is 0.264 e. The minimum absolute atomic E-state index is 0.234. The molecule has 35 heavy (non-hydrogen) atoms. The van der Waals surface area contributed by atoms with Crippen molar-refractivity contribution in [1.29, 1.82) is 0 Å². The Hall–Kier alpha value is -1.55. The van der Waals surface area contributed by atoms with Crippen LogP contribution >= 0.6 is 46.3 Å². The Morgan fingerprint density at radius 3 is 2.57 bits per heavy atom. The monoisotopic (exact) mass is 569 g/mol. The summed E-state index contributed by atoms with van der Waals surface area (Å²) in [6.45, 7) is 5.76. The molecule has 0 saturated heterocycles. The lowest BCUT2D eigenvalue weighted by molar-refractivity contribution is -0.669. The Morgan fingerprint density at radius 2 is 1.86 bits per heavy atom. The molecule has 0 aliphatic carbocycles. The summed E-state index contributed by atoms with van der Waals surface area (Å²) in [5, 5.41) is 3.64. The van der Waals surface area contributed by atoms with Gasteiger partial charge >= 0.3 is 0 Å². The van der Waals surface area contributed by atoms with Crippen molar-refractivity contribution in [3.63, 3.8) is 0 Å². The highest BCUT2D eigenvalue weighted by Gasteiger charge is 2.25. The van der Waals surface area contributed by atoms with Gasteiger partial charge in [-0.15, -0.1) is 0 Å². The third-order valence-electron chi connectivity index (χ3n) is 5.76. The third-order valence-corrected chi connectivity index (χ3v) is 9.26. The van der Waals surface area contributed by atoms with Crippen LogP contribution in [0.2, 0.25) is 10.0 Å². The zero-order chi connectivity index (χ0) is 25.2. The van der Waals surface area contributed by atoms with Crippen LogP contribution in [0.25, 0.3) is 16.3 Å². The fraction of sp³-hybridized carbons (Fsp3) is 0.320. The van der Waals surface area contributed by atoms with Gasteiger partial charge in [0.05, 0.1) is 16.5 Å². The van der Waals surface area contributed by atoms with Crippen LogP contribution in [0.5, 0.6) is 0 Å². The molecule has 1 N–H and O–H groups in total. The summed E-state index contributed by atoms with van der Waals surface area (Å²) in [6.07, 6.45) is 6.32. The quantitative estimate of drug-likeness (QED) is 0.165. The molecule has 2 aromatic carbocycles. The number of aryl methyl sites for hydroxylation is 1. The molecule has 1 aliphatic rings. The first-order valence-corrected chi connectivity index (χ1v) is 15.4. The van der Waals surface area contributed by atoms with Crippen molar-refractivity contribution in [3.05, 3.63) is 68.1 Å². The first-order chi connectivity index (χ1) is 16.7. The summed E-state index contributed by atoms with van der Waals surface area (Å²) >= 11 is 16.0. The van der Waals surface area contributed by atoms with Crippen molar-refractivity contribution in [2.45, 2.75) is 44.6 Å². The lowest BCUT2D eigenvalue weighted by Crippen LogP contribution is -2.35. The molecule has 4 rings (SSSR count). The van der Waals surface area contributed by atoms with E-state index < -0.39 is 10.1 Å². The number of benzene rings is 2. The molecular formula is C25H27Cl2N2O3S3+. The van der Waals surface area contributed by atoms with Crippen LogP contribution in [0.3, 0.4) is 0 Å². The van der Waals surface area contributed by atoms with E-state index in [0.717, 1.165) is 38.9 Å². The maximum atomic E-state index is 11.1. The van der Waals surface area contributed by atoms with Crippen LogP contribution < -0.4 is 9.47 Å². The average molecular weight is 571 g/mol. The number of hydrogen-bond acceptors (Lipinski definition) is 5. The van der Waals surface area contributed by atoms with Gasteiger partial charge in [0, 0.05) is 40.0 Å². The van der Waals surface area contributed by atoms with Gasteiger partial charge in [-0.1, -0.05) is 53.2 Å². The summed E-state index contributed by atoms with van der Waals surface area (Å²) in [7, 11) is -3.96. The standard InChI is InChI=1S/C25H26Cl2N2O3S3/c1-3-17(13-24-28(4-2)20-15-18(26)7-9-22(20)33-24)14-25-29(11-5-6-12-35(30,31)32)21-16-19(27)8-10-23(21)34-25/h7-10,13-16H,3-6,11-12H2,1-2H3/p+1. The minimum Gasteiger partial charge on any atom is -0.335 e. The summed E-state index contributed by atoms with van der Waals surface area (Å²) in [6, 6.07) is 11.9. The van der Waals surface area contributed by atoms with Crippen molar-refractivity contribution in [3.8, 4) is 0 Å². The predicted octanol–water partition coefficient (Wildman–Crippen LogP) is 7.43. The topological polar surface area (TPSA) is 61.5 Å². The number of allylic oxidation sites excluding steroid dienone is 2. The van der Waals surface area contributed by atoms with Gasteiger partial charge in [-0.25, -0.2) is 0 Å². The van der Waals surface area contributed by atoms with Crippen molar-refractivity contribution >= 4 is 78.4 Å². The highest BCUT2D eigenvalue weighted by atomic mass is 35.5.